The fourth-order valence-corrected chi connectivity index (χ4v) is 1.30. The summed E-state index contributed by atoms with van der Waals surface area (Å²) in [5, 5.41) is 4.02. The lowest BCUT2D eigenvalue weighted by atomic mass is 10.1. The van der Waals surface area contributed by atoms with E-state index in [-0.39, 0.29) is 5.82 Å². The number of benzene rings is 1. The number of nitrogens with zero attached hydrogens (tertiary/aromatic N) is 2. The second-order valence-electron chi connectivity index (χ2n) is 2.85. The Morgan fingerprint density at radius 3 is 2.77 bits per heavy atom. The Balaban J connectivity index is 2.53. The molecule has 2 aromatic rings. The van der Waals surface area contributed by atoms with Crippen molar-refractivity contribution < 1.29 is 4.39 Å². The van der Waals surface area contributed by atoms with E-state index in [1.807, 2.05) is 19.2 Å². The molecule has 3 heteroatoms. The molecule has 0 aliphatic rings. The van der Waals surface area contributed by atoms with Crippen LogP contribution in [0.15, 0.2) is 36.5 Å². The van der Waals surface area contributed by atoms with E-state index in [1.54, 1.807) is 16.9 Å². The van der Waals surface area contributed by atoms with Crippen molar-refractivity contribution in [1.29, 1.82) is 0 Å². The van der Waals surface area contributed by atoms with Gasteiger partial charge in [0, 0.05) is 18.8 Å². The molecule has 0 spiro atoms. The lowest BCUT2D eigenvalue weighted by molar-refractivity contribution is 0.628. The normalized spacial score (nSPS) is 10.3. The highest BCUT2D eigenvalue weighted by Crippen LogP contribution is 2.18. The van der Waals surface area contributed by atoms with Gasteiger partial charge in [-0.2, -0.15) is 5.10 Å². The van der Waals surface area contributed by atoms with Gasteiger partial charge >= 0.3 is 0 Å². The first-order chi connectivity index (χ1) is 6.27. The second-order valence-corrected chi connectivity index (χ2v) is 2.85. The van der Waals surface area contributed by atoms with Crippen LogP contribution in [0.5, 0.6) is 0 Å². The van der Waals surface area contributed by atoms with Gasteiger partial charge in [0.15, 0.2) is 0 Å². The molecule has 0 bridgehead atoms. The Hall–Kier alpha value is -1.64. The Kier molecular flexibility index (Phi) is 1.85. The first kappa shape index (κ1) is 7.98. The van der Waals surface area contributed by atoms with Crippen molar-refractivity contribution in [2.45, 2.75) is 0 Å². The first-order valence-electron chi connectivity index (χ1n) is 4.01. The van der Waals surface area contributed by atoms with Crippen molar-refractivity contribution in [3.63, 3.8) is 0 Å². The maximum atomic E-state index is 12.9. The molecule has 13 heavy (non-hydrogen) atoms. The summed E-state index contributed by atoms with van der Waals surface area (Å²) >= 11 is 0. The molecule has 0 radical (unpaired) electrons. The van der Waals surface area contributed by atoms with Gasteiger partial charge < -0.3 is 0 Å². The maximum Gasteiger partial charge on any atom is 0.123 e. The quantitative estimate of drug-likeness (QED) is 0.651. The van der Waals surface area contributed by atoms with Crippen molar-refractivity contribution in [2.24, 2.45) is 7.05 Å². The molecule has 0 aliphatic carbocycles. The number of hydrogen-bond acceptors (Lipinski definition) is 1. The van der Waals surface area contributed by atoms with Gasteiger partial charge in [0.2, 0.25) is 0 Å². The molecular weight excluding hydrogens is 167 g/mol. The summed E-state index contributed by atoms with van der Waals surface area (Å²) in [7, 11) is 1.83. The second kappa shape index (κ2) is 3.01. The van der Waals surface area contributed by atoms with E-state index in [2.05, 4.69) is 5.10 Å². The summed E-state index contributed by atoms with van der Waals surface area (Å²) in [6.07, 6.45) is 1.69. The molecule has 2 nitrogen and oxygen atoms in total. The molecule has 2 rings (SSSR count). The lowest BCUT2D eigenvalue weighted by Gasteiger charge is -2.00. The Bertz CT molecular complexity index is 420. The minimum atomic E-state index is -0.223. The number of halogens is 1. The average molecular weight is 176 g/mol. The minimum absolute atomic E-state index is 0.223. The third kappa shape index (κ3) is 1.45. The molecule has 0 fully saturated rings. The Morgan fingerprint density at radius 2 is 2.15 bits per heavy atom. The monoisotopic (exact) mass is 176 g/mol. The van der Waals surface area contributed by atoms with Gasteiger partial charge in [-0.05, 0) is 18.2 Å². The summed E-state index contributed by atoms with van der Waals surface area (Å²) < 4.78 is 14.6. The van der Waals surface area contributed by atoms with E-state index in [0.717, 1.165) is 11.3 Å². The highest BCUT2D eigenvalue weighted by Gasteiger charge is 2.02. The summed E-state index contributed by atoms with van der Waals surface area (Å²) in [6.45, 7) is 0. The SMILES string of the molecule is Cn1nccc1-c1cccc(F)c1. The van der Waals surface area contributed by atoms with E-state index in [0.29, 0.717) is 0 Å². The molecule has 1 aromatic carbocycles. The van der Waals surface area contributed by atoms with Crippen molar-refractivity contribution in [2.75, 3.05) is 0 Å². The van der Waals surface area contributed by atoms with Gasteiger partial charge in [0.05, 0.1) is 5.69 Å². The van der Waals surface area contributed by atoms with E-state index in [9.17, 15) is 4.39 Å². The van der Waals surface area contributed by atoms with Crippen LogP contribution in [0.1, 0.15) is 0 Å². The molecule has 0 unspecified atom stereocenters. The van der Waals surface area contributed by atoms with Gasteiger partial charge in [-0.25, -0.2) is 4.39 Å². The van der Waals surface area contributed by atoms with Crippen LogP contribution in [0.25, 0.3) is 11.3 Å². The summed E-state index contributed by atoms with van der Waals surface area (Å²) in [4.78, 5) is 0. The zero-order valence-corrected chi connectivity index (χ0v) is 7.24. The zero-order valence-electron chi connectivity index (χ0n) is 7.24. The molecule has 0 N–H and O–H groups in total. The summed E-state index contributed by atoms with van der Waals surface area (Å²) in [5.41, 5.74) is 1.76. The Labute approximate surface area is 75.6 Å². The molecule has 0 saturated carbocycles. The lowest BCUT2D eigenvalue weighted by Crippen LogP contribution is -1.93. The van der Waals surface area contributed by atoms with Crippen LogP contribution in [0, 0.1) is 5.82 Å². The smallest absolute Gasteiger partial charge is 0.123 e. The van der Waals surface area contributed by atoms with Crippen LogP contribution < -0.4 is 0 Å². The van der Waals surface area contributed by atoms with E-state index in [4.69, 9.17) is 0 Å². The molecule has 1 aromatic heterocycles. The zero-order chi connectivity index (χ0) is 9.26. The molecule has 1 heterocycles. The third-order valence-corrected chi connectivity index (χ3v) is 1.94. The van der Waals surface area contributed by atoms with Crippen LogP contribution in [0.4, 0.5) is 4.39 Å². The molecule has 0 atom stereocenters. The highest BCUT2D eigenvalue weighted by molar-refractivity contribution is 5.58. The summed E-state index contributed by atoms with van der Waals surface area (Å²) in [5.74, 6) is -0.223. The molecule has 0 saturated heterocycles. The minimum Gasteiger partial charge on any atom is -0.268 e. The number of aromatic nitrogens is 2. The molecular formula is C10H9FN2. The molecule has 0 aliphatic heterocycles. The average Bonchev–Trinajstić information content (AvgIpc) is 2.51. The van der Waals surface area contributed by atoms with Crippen LogP contribution >= 0.6 is 0 Å². The van der Waals surface area contributed by atoms with Crippen LogP contribution in [0.2, 0.25) is 0 Å². The van der Waals surface area contributed by atoms with Crippen LogP contribution in [-0.4, -0.2) is 9.78 Å². The standard InChI is InChI=1S/C10H9FN2/c1-13-10(5-6-12-13)8-3-2-4-9(11)7-8/h2-7H,1H3. The van der Waals surface area contributed by atoms with Crippen molar-refractivity contribution in [3.05, 3.63) is 42.3 Å². The van der Waals surface area contributed by atoms with Gasteiger partial charge in [-0.15, -0.1) is 0 Å². The maximum absolute atomic E-state index is 12.9. The van der Waals surface area contributed by atoms with E-state index < -0.39 is 0 Å². The van der Waals surface area contributed by atoms with Gasteiger partial charge in [0.25, 0.3) is 0 Å². The van der Waals surface area contributed by atoms with Crippen molar-refractivity contribution in [1.82, 2.24) is 9.78 Å². The Morgan fingerprint density at radius 1 is 1.31 bits per heavy atom. The van der Waals surface area contributed by atoms with Gasteiger partial charge in [-0.3, -0.25) is 4.68 Å². The highest BCUT2D eigenvalue weighted by atomic mass is 19.1. The van der Waals surface area contributed by atoms with Crippen LogP contribution in [0.3, 0.4) is 0 Å². The number of aryl methyl sites for hydroxylation is 1. The topological polar surface area (TPSA) is 17.8 Å². The third-order valence-electron chi connectivity index (χ3n) is 1.94. The predicted octanol–water partition coefficient (Wildman–Crippen LogP) is 2.23. The molecule has 66 valence electrons. The summed E-state index contributed by atoms with van der Waals surface area (Å²) in [6, 6.07) is 8.34. The fourth-order valence-electron chi connectivity index (χ4n) is 1.30. The fraction of sp³-hybridized carbons (Fsp3) is 0.100. The van der Waals surface area contributed by atoms with Crippen LogP contribution in [-0.2, 0) is 7.05 Å². The number of hydrogen-bond donors (Lipinski definition) is 0. The van der Waals surface area contributed by atoms with E-state index >= 15 is 0 Å². The first-order valence-corrected chi connectivity index (χ1v) is 4.01. The van der Waals surface area contributed by atoms with E-state index in [1.165, 1.54) is 12.1 Å². The largest absolute Gasteiger partial charge is 0.268 e. The van der Waals surface area contributed by atoms with Gasteiger partial charge in [-0.1, -0.05) is 12.1 Å². The van der Waals surface area contributed by atoms with Crippen molar-refractivity contribution in [3.8, 4) is 11.3 Å². The molecule has 0 amide bonds. The predicted molar refractivity (Wildman–Crippen MR) is 48.6 cm³/mol. The van der Waals surface area contributed by atoms with Gasteiger partial charge in [0.1, 0.15) is 5.82 Å². The number of rotatable bonds is 1. The van der Waals surface area contributed by atoms with Crippen molar-refractivity contribution >= 4 is 0 Å².